The van der Waals surface area contributed by atoms with Crippen LogP contribution in [0.4, 0.5) is 0 Å². The average Bonchev–Trinajstić information content (AvgIpc) is 2.87. The zero-order valence-electron chi connectivity index (χ0n) is 12.4. The largest absolute Gasteiger partial charge is 0.313 e. The maximum absolute atomic E-state index is 3.60. The van der Waals surface area contributed by atoms with Gasteiger partial charge in [-0.05, 0) is 67.7 Å². The molecule has 3 rings (SSSR count). The van der Waals surface area contributed by atoms with Gasteiger partial charge in [0.25, 0.3) is 0 Å². The minimum Gasteiger partial charge on any atom is -0.313 e. The Morgan fingerprint density at radius 2 is 1.95 bits per heavy atom. The molecular formula is C18H27N. The zero-order chi connectivity index (χ0) is 13.2. The minimum atomic E-state index is 0.564. The Balaban J connectivity index is 1.81. The molecule has 0 aromatic heterocycles. The second kappa shape index (κ2) is 5.66. The highest BCUT2D eigenvalue weighted by atomic mass is 14.9. The van der Waals surface area contributed by atoms with Gasteiger partial charge in [0.2, 0.25) is 0 Å². The summed E-state index contributed by atoms with van der Waals surface area (Å²) in [4.78, 5) is 0. The number of benzene rings is 1. The van der Waals surface area contributed by atoms with Gasteiger partial charge in [-0.15, -0.1) is 0 Å². The predicted molar refractivity (Wildman–Crippen MR) is 81.4 cm³/mol. The number of nitrogens with one attached hydrogen (secondary N) is 1. The monoisotopic (exact) mass is 257 g/mol. The first-order valence-electron chi connectivity index (χ1n) is 8.07. The van der Waals surface area contributed by atoms with Crippen LogP contribution in [0, 0.1) is 11.8 Å². The third kappa shape index (κ3) is 2.72. The van der Waals surface area contributed by atoms with Gasteiger partial charge in [-0.2, -0.15) is 0 Å². The molecule has 3 unspecified atom stereocenters. The average molecular weight is 257 g/mol. The van der Waals surface area contributed by atoms with Crippen molar-refractivity contribution in [1.82, 2.24) is 5.32 Å². The molecule has 1 fully saturated rings. The molecule has 0 bridgehead atoms. The van der Waals surface area contributed by atoms with Crippen molar-refractivity contribution in [3.8, 4) is 0 Å². The molecule has 0 spiro atoms. The quantitative estimate of drug-likeness (QED) is 0.853. The molecule has 1 N–H and O–H groups in total. The molecule has 104 valence electrons. The number of hydrogen-bond donors (Lipinski definition) is 1. The van der Waals surface area contributed by atoms with Gasteiger partial charge < -0.3 is 5.32 Å². The molecule has 3 atom stereocenters. The summed E-state index contributed by atoms with van der Waals surface area (Å²) in [7, 11) is 2.14. The molecule has 1 aromatic rings. The van der Waals surface area contributed by atoms with E-state index in [1.807, 2.05) is 0 Å². The van der Waals surface area contributed by atoms with Crippen LogP contribution in [-0.4, -0.2) is 7.05 Å². The summed E-state index contributed by atoms with van der Waals surface area (Å²) in [6.07, 6.45) is 9.56. The molecule has 0 radical (unpaired) electrons. The highest BCUT2D eigenvalue weighted by Gasteiger charge is 2.27. The van der Waals surface area contributed by atoms with Gasteiger partial charge in [-0.3, -0.25) is 0 Å². The first kappa shape index (κ1) is 13.2. The van der Waals surface area contributed by atoms with Crippen LogP contribution < -0.4 is 5.32 Å². The van der Waals surface area contributed by atoms with E-state index in [0.717, 1.165) is 11.8 Å². The van der Waals surface area contributed by atoms with Crippen LogP contribution >= 0.6 is 0 Å². The normalized spacial score (nSPS) is 28.1. The van der Waals surface area contributed by atoms with E-state index >= 15 is 0 Å². The molecule has 0 amide bonds. The van der Waals surface area contributed by atoms with E-state index in [9.17, 15) is 0 Å². The van der Waals surface area contributed by atoms with Crippen molar-refractivity contribution in [2.45, 2.75) is 57.9 Å². The van der Waals surface area contributed by atoms with Crippen molar-refractivity contribution < 1.29 is 0 Å². The van der Waals surface area contributed by atoms with Crippen LogP contribution in [0.3, 0.4) is 0 Å². The number of rotatable bonds is 3. The first-order valence-corrected chi connectivity index (χ1v) is 8.07. The lowest BCUT2D eigenvalue weighted by molar-refractivity contribution is 0.230. The van der Waals surface area contributed by atoms with Crippen molar-refractivity contribution in [1.29, 1.82) is 0 Å². The standard InChI is InChI=1S/C18H27N/c1-13-5-3-8-16(11-13)18(19-2)17-10-9-14-6-4-7-15(14)12-17/h9-10,12-13,16,18-19H,3-8,11H2,1-2H3. The van der Waals surface area contributed by atoms with E-state index in [4.69, 9.17) is 0 Å². The second-order valence-corrected chi connectivity index (χ2v) is 6.68. The van der Waals surface area contributed by atoms with Gasteiger partial charge in [0.05, 0.1) is 0 Å². The van der Waals surface area contributed by atoms with E-state index in [1.165, 1.54) is 50.5 Å². The molecule has 0 heterocycles. The lowest BCUT2D eigenvalue weighted by Crippen LogP contribution is -2.29. The third-order valence-corrected chi connectivity index (χ3v) is 5.24. The Morgan fingerprint density at radius 1 is 1.11 bits per heavy atom. The summed E-state index contributed by atoms with van der Waals surface area (Å²) in [6.45, 7) is 2.42. The van der Waals surface area contributed by atoms with Crippen LogP contribution in [0.5, 0.6) is 0 Å². The first-order chi connectivity index (χ1) is 9.28. The fraction of sp³-hybridized carbons (Fsp3) is 0.667. The zero-order valence-corrected chi connectivity index (χ0v) is 12.4. The molecule has 1 aromatic carbocycles. The maximum atomic E-state index is 3.60. The fourth-order valence-corrected chi connectivity index (χ4v) is 4.24. The van der Waals surface area contributed by atoms with Crippen LogP contribution in [0.1, 0.15) is 61.8 Å². The topological polar surface area (TPSA) is 12.0 Å². The molecule has 1 nitrogen and oxygen atoms in total. The predicted octanol–water partition coefficient (Wildman–Crippen LogP) is 4.26. The highest BCUT2D eigenvalue weighted by Crippen LogP contribution is 2.38. The van der Waals surface area contributed by atoms with Crippen molar-refractivity contribution in [2.75, 3.05) is 7.05 Å². The number of hydrogen-bond acceptors (Lipinski definition) is 1. The maximum Gasteiger partial charge on any atom is 0.0346 e. The molecule has 2 aliphatic carbocycles. The van der Waals surface area contributed by atoms with Gasteiger partial charge in [-0.25, -0.2) is 0 Å². The van der Waals surface area contributed by atoms with Crippen LogP contribution in [0.15, 0.2) is 18.2 Å². The van der Waals surface area contributed by atoms with E-state index in [0.29, 0.717) is 6.04 Å². The van der Waals surface area contributed by atoms with Crippen LogP contribution in [0.25, 0.3) is 0 Å². The lowest BCUT2D eigenvalue weighted by atomic mass is 9.76. The summed E-state index contributed by atoms with van der Waals surface area (Å²) in [6, 6.07) is 7.82. The summed E-state index contributed by atoms with van der Waals surface area (Å²) >= 11 is 0. The van der Waals surface area contributed by atoms with Gasteiger partial charge in [-0.1, -0.05) is 38.0 Å². The smallest absolute Gasteiger partial charge is 0.0346 e. The summed E-state index contributed by atoms with van der Waals surface area (Å²) in [5.41, 5.74) is 4.74. The molecule has 1 heteroatoms. The van der Waals surface area contributed by atoms with Crippen LogP contribution in [0.2, 0.25) is 0 Å². The number of fused-ring (bicyclic) bond motifs is 1. The van der Waals surface area contributed by atoms with Crippen molar-refractivity contribution >= 4 is 0 Å². The lowest BCUT2D eigenvalue weighted by Gasteiger charge is -2.33. The van der Waals surface area contributed by atoms with Crippen molar-refractivity contribution in [2.24, 2.45) is 11.8 Å². The molecule has 0 saturated heterocycles. The molecule has 2 aliphatic rings. The summed E-state index contributed by atoms with van der Waals surface area (Å²) in [5, 5.41) is 3.60. The molecule has 0 aliphatic heterocycles. The number of aryl methyl sites for hydroxylation is 2. The summed E-state index contributed by atoms with van der Waals surface area (Å²) in [5.74, 6) is 1.73. The Kier molecular flexibility index (Phi) is 3.93. The van der Waals surface area contributed by atoms with E-state index in [1.54, 1.807) is 11.1 Å². The Hall–Kier alpha value is -0.820. The Morgan fingerprint density at radius 3 is 2.74 bits per heavy atom. The molecular weight excluding hydrogens is 230 g/mol. The van der Waals surface area contributed by atoms with Gasteiger partial charge in [0, 0.05) is 6.04 Å². The molecule has 19 heavy (non-hydrogen) atoms. The minimum absolute atomic E-state index is 0.564. The van der Waals surface area contributed by atoms with E-state index in [2.05, 4.69) is 37.5 Å². The van der Waals surface area contributed by atoms with Crippen LogP contribution in [-0.2, 0) is 12.8 Å². The fourth-order valence-electron chi connectivity index (χ4n) is 4.24. The van der Waals surface area contributed by atoms with Gasteiger partial charge in [0.15, 0.2) is 0 Å². The Labute approximate surface area is 117 Å². The van der Waals surface area contributed by atoms with Gasteiger partial charge in [0.1, 0.15) is 0 Å². The SMILES string of the molecule is CNC(c1ccc2c(c1)CCC2)C1CCCC(C)C1. The van der Waals surface area contributed by atoms with Gasteiger partial charge >= 0.3 is 0 Å². The van der Waals surface area contributed by atoms with Crippen molar-refractivity contribution in [3.63, 3.8) is 0 Å². The third-order valence-electron chi connectivity index (χ3n) is 5.24. The van der Waals surface area contributed by atoms with E-state index < -0.39 is 0 Å². The van der Waals surface area contributed by atoms with E-state index in [-0.39, 0.29) is 0 Å². The molecule has 1 saturated carbocycles. The second-order valence-electron chi connectivity index (χ2n) is 6.68. The highest BCUT2D eigenvalue weighted by molar-refractivity contribution is 5.36. The Bertz CT molecular complexity index is 437. The summed E-state index contributed by atoms with van der Waals surface area (Å²) < 4.78 is 0. The van der Waals surface area contributed by atoms with Crippen molar-refractivity contribution in [3.05, 3.63) is 34.9 Å².